The summed E-state index contributed by atoms with van der Waals surface area (Å²) < 4.78 is 0. The molecule has 1 rings (SSSR count). The molecule has 12 heavy (non-hydrogen) atoms. The molecular formula is C7H10N2O2S. The quantitative estimate of drug-likeness (QED) is 0.563. The molecule has 0 saturated heterocycles. The lowest BCUT2D eigenvalue weighted by molar-refractivity contribution is -0.127. The zero-order valence-electron chi connectivity index (χ0n) is 6.70. The maximum Gasteiger partial charge on any atom is 0.220 e. The SMILES string of the molecule is CC(=O)N1CC(O)=C(C(N)=S)C1. The van der Waals surface area contributed by atoms with Gasteiger partial charge in [0.1, 0.15) is 10.7 Å². The molecule has 0 fully saturated rings. The number of carbonyl (C=O) groups is 1. The molecule has 0 saturated carbocycles. The third-order valence-electron chi connectivity index (χ3n) is 1.78. The number of amides is 1. The number of carbonyl (C=O) groups excluding carboxylic acids is 1. The lowest BCUT2D eigenvalue weighted by Crippen LogP contribution is -2.28. The second kappa shape index (κ2) is 3.10. The molecule has 0 radical (unpaired) electrons. The molecule has 0 aromatic rings. The van der Waals surface area contributed by atoms with Crippen LogP contribution in [-0.4, -0.2) is 34.0 Å². The van der Waals surface area contributed by atoms with Gasteiger partial charge in [0, 0.05) is 12.5 Å². The average Bonchev–Trinajstić information content (AvgIpc) is 2.30. The molecule has 66 valence electrons. The molecule has 1 amide bonds. The first kappa shape index (κ1) is 8.99. The molecule has 0 spiro atoms. The van der Waals surface area contributed by atoms with Crippen molar-refractivity contribution in [3.8, 4) is 0 Å². The lowest BCUT2D eigenvalue weighted by Gasteiger charge is -2.11. The molecule has 1 aliphatic heterocycles. The van der Waals surface area contributed by atoms with Crippen LogP contribution in [0.15, 0.2) is 11.3 Å². The van der Waals surface area contributed by atoms with Gasteiger partial charge in [0.25, 0.3) is 0 Å². The molecule has 0 aliphatic carbocycles. The van der Waals surface area contributed by atoms with Crippen LogP contribution in [0.25, 0.3) is 0 Å². The third-order valence-corrected chi connectivity index (χ3v) is 2.03. The Balaban J connectivity index is 2.74. The van der Waals surface area contributed by atoms with Gasteiger partial charge < -0.3 is 15.7 Å². The van der Waals surface area contributed by atoms with Crippen LogP contribution in [0, 0.1) is 0 Å². The summed E-state index contributed by atoms with van der Waals surface area (Å²) in [5.41, 5.74) is 5.83. The van der Waals surface area contributed by atoms with Gasteiger partial charge in [-0.3, -0.25) is 4.79 Å². The Morgan fingerprint density at radius 2 is 2.25 bits per heavy atom. The predicted molar refractivity (Wildman–Crippen MR) is 48.7 cm³/mol. The van der Waals surface area contributed by atoms with Crippen molar-refractivity contribution >= 4 is 23.1 Å². The molecule has 3 N–H and O–H groups in total. The van der Waals surface area contributed by atoms with Gasteiger partial charge in [-0.2, -0.15) is 0 Å². The molecule has 5 heteroatoms. The molecule has 1 heterocycles. The number of nitrogens with two attached hydrogens (primary N) is 1. The van der Waals surface area contributed by atoms with Crippen molar-refractivity contribution in [1.29, 1.82) is 0 Å². The summed E-state index contributed by atoms with van der Waals surface area (Å²) in [5.74, 6) is 0.0190. The number of aliphatic hydroxyl groups is 1. The van der Waals surface area contributed by atoms with Gasteiger partial charge >= 0.3 is 0 Å². The van der Waals surface area contributed by atoms with Crippen molar-refractivity contribution in [2.75, 3.05) is 13.1 Å². The highest BCUT2D eigenvalue weighted by Gasteiger charge is 2.24. The topological polar surface area (TPSA) is 66.6 Å². The van der Waals surface area contributed by atoms with Crippen molar-refractivity contribution in [2.45, 2.75) is 6.92 Å². The normalized spacial score (nSPS) is 16.9. The van der Waals surface area contributed by atoms with Gasteiger partial charge in [-0.15, -0.1) is 0 Å². The fourth-order valence-electron chi connectivity index (χ4n) is 1.06. The van der Waals surface area contributed by atoms with Crippen LogP contribution in [0.4, 0.5) is 0 Å². The molecular weight excluding hydrogens is 176 g/mol. The van der Waals surface area contributed by atoms with Gasteiger partial charge in [0.2, 0.25) is 5.91 Å². The van der Waals surface area contributed by atoms with E-state index in [1.807, 2.05) is 0 Å². The standard InChI is InChI=1S/C7H10N2O2S/c1-4(10)9-2-5(7(8)12)6(11)3-9/h11H,2-3H2,1H3,(H2,8,12). The minimum absolute atomic E-state index is 0.0900. The summed E-state index contributed by atoms with van der Waals surface area (Å²) in [5, 5.41) is 9.30. The summed E-state index contributed by atoms with van der Waals surface area (Å²) in [4.78, 5) is 12.5. The van der Waals surface area contributed by atoms with Gasteiger partial charge in [0.15, 0.2) is 0 Å². The van der Waals surface area contributed by atoms with Gasteiger partial charge in [-0.05, 0) is 0 Å². The van der Waals surface area contributed by atoms with E-state index in [1.165, 1.54) is 11.8 Å². The Hall–Kier alpha value is -1.10. The van der Waals surface area contributed by atoms with E-state index in [4.69, 9.17) is 18.0 Å². The van der Waals surface area contributed by atoms with E-state index in [0.29, 0.717) is 12.1 Å². The summed E-state index contributed by atoms with van der Waals surface area (Å²) in [6.45, 7) is 1.99. The highest BCUT2D eigenvalue weighted by atomic mass is 32.1. The van der Waals surface area contributed by atoms with E-state index in [1.54, 1.807) is 0 Å². The van der Waals surface area contributed by atoms with Crippen LogP contribution in [0.5, 0.6) is 0 Å². The van der Waals surface area contributed by atoms with E-state index >= 15 is 0 Å². The first-order valence-corrected chi connectivity index (χ1v) is 3.89. The van der Waals surface area contributed by atoms with E-state index < -0.39 is 0 Å². The molecule has 4 nitrogen and oxygen atoms in total. The Labute approximate surface area is 75.6 Å². The van der Waals surface area contributed by atoms with Crippen molar-refractivity contribution in [2.24, 2.45) is 5.73 Å². The number of hydrogen-bond acceptors (Lipinski definition) is 3. The van der Waals surface area contributed by atoms with Crippen LogP contribution >= 0.6 is 12.2 Å². The summed E-state index contributed by atoms with van der Waals surface area (Å²) >= 11 is 4.69. The smallest absolute Gasteiger partial charge is 0.220 e. The second-order valence-corrected chi connectivity index (χ2v) is 3.10. The molecule has 0 atom stereocenters. The van der Waals surface area contributed by atoms with E-state index in [-0.39, 0.29) is 23.2 Å². The van der Waals surface area contributed by atoms with Crippen LogP contribution in [0.3, 0.4) is 0 Å². The number of rotatable bonds is 1. The zero-order valence-corrected chi connectivity index (χ0v) is 7.52. The highest BCUT2D eigenvalue weighted by molar-refractivity contribution is 7.80. The third kappa shape index (κ3) is 1.55. The predicted octanol–water partition coefficient (Wildman–Crippen LogP) is -0.0533. The molecule has 1 aliphatic rings. The Morgan fingerprint density at radius 1 is 1.67 bits per heavy atom. The number of thiocarbonyl (C=S) groups is 1. The van der Waals surface area contributed by atoms with E-state index in [0.717, 1.165) is 0 Å². The summed E-state index contributed by atoms with van der Waals surface area (Å²) in [7, 11) is 0. The number of nitrogens with zero attached hydrogens (tertiary/aromatic N) is 1. The Bertz CT molecular complexity index is 273. The van der Waals surface area contributed by atoms with Crippen molar-refractivity contribution < 1.29 is 9.90 Å². The van der Waals surface area contributed by atoms with Crippen LogP contribution in [0.1, 0.15) is 6.92 Å². The van der Waals surface area contributed by atoms with Crippen molar-refractivity contribution in [1.82, 2.24) is 4.90 Å². The summed E-state index contributed by atoms with van der Waals surface area (Å²) in [6, 6.07) is 0. The van der Waals surface area contributed by atoms with Crippen LogP contribution in [-0.2, 0) is 4.79 Å². The van der Waals surface area contributed by atoms with Crippen LogP contribution in [0.2, 0.25) is 0 Å². The number of hydrogen-bond donors (Lipinski definition) is 2. The molecule has 0 unspecified atom stereocenters. The van der Waals surface area contributed by atoms with E-state index in [9.17, 15) is 9.90 Å². The van der Waals surface area contributed by atoms with Gasteiger partial charge in [0.05, 0.1) is 13.1 Å². The first-order chi connectivity index (χ1) is 5.52. The minimum Gasteiger partial charge on any atom is -0.510 e. The Morgan fingerprint density at radius 3 is 2.50 bits per heavy atom. The fourth-order valence-corrected chi connectivity index (χ4v) is 1.24. The fraction of sp³-hybridized carbons (Fsp3) is 0.429. The molecule has 0 bridgehead atoms. The molecule has 0 aromatic carbocycles. The Kier molecular flexibility index (Phi) is 2.32. The monoisotopic (exact) mass is 186 g/mol. The summed E-state index contributed by atoms with van der Waals surface area (Å²) in [6.07, 6.45) is 0. The number of aliphatic hydroxyl groups excluding tert-OH is 1. The zero-order chi connectivity index (χ0) is 9.30. The minimum atomic E-state index is -0.0900. The maximum atomic E-state index is 10.9. The van der Waals surface area contributed by atoms with E-state index in [2.05, 4.69) is 0 Å². The lowest BCUT2D eigenvalue weighted by atomic mass is 10.3. The maximum absolute atomic E-state index is 10.9. The van der Waals surface area contributed by atoms with Crippen LogP contribution < -0.4 is 5.73 Å². The molecule has 0 aromatic heterocycles. The largest absolute Gasteiger partial charge is 0.510 e. The van der Waals surface area contributed by atoms with Gasteiger partial charge in [-0.1, -0.05) is 12.2 Å². The van der Waals surface area contributed by atoms with Gasteiger partial charge in [-0.25, -0.2) is 0 Å². The van der Waals surface area contributed by atoms with Crippen molar-refractivity contribution in [3.63, 3.8) is 0 Å². The first-order valence-electron chi connectivity index (χ1n) is 3.48. The van der Waals surface area contributed by atoms with Crippen molar-refractivity contribution in [3.05, 3.63) is 11.3 Å². The second-order valence-electron chi connectivity index (χ2n) is 2.66. The highest BCUT2D eigenvalue weighted by Crippen LogP contribution is 2.15. The average molecular weight is 186 g/mol.